The summed E-state index contributed by atoms with van der Waals surface area (Å²) in [6.45, 7) is 0.0873. The molecule has 0 atom stereocenters. The molecule has 0 aromatic heterocycles. The summed E-state index contributed by atoms with van der Waals surface area (Å²) in [5, 5.41) is 10.8. The number of rotatable bonds is 5. The van der Waals surface area contributed by atoms with Crippen molar-refractivity contribution in [3.63, 3.8) is 0 Å². The number of carbonyl (C=O) groups excluding carboxylic acids is 1. The van der Waals surface area contributed by atoms with Gasteiger partial charge in [0.2, 0.25) is 0 Å². The molecule has 1 N–H and O–H groups in total. The van der Waals surface area contributed by atoms with Gasteiger partial charge in [0.1, 0.15) is 18.1 Å². The normalized spacial score (nSPS) is 10.5. The third kappa shape index (κ3) is 4.53. The van der Waals surface area contributed by atoms with E-state index in [0.29, 0.717) is 15.8 Å². The summed E-state index contributed by atoms with van der Waals surface area (Å²) in [5.41, 5.74) is 0.885. The summed E-state index contributed by atoms with van der Waals surface area (Å²) in [6, 6.07) is 9.40. The van der Waals surface area contributed by atoms with Gasteiger partial charge in [0.15, 0.2) is 5.78 Å². The molecule has 0 saturated heterocycles. The molecule has 2 rings (SSSR count). The average molecular weight is 347 g/mol. The van der Waals surface area contributed by atoms with Crippen LogP contribution in [-0.2, 0) is 0 Å². The summed E-state index contributed by atoms with van der Waals surface area (Å²) < 4.78 is 5.17. The number of benzene rings is 2. The second kappa shape index (κ2) is 7.73. The Balaban J connectivity index is 2.15. The van der Waals surface area contributed by atoms with Crippen molar-refractivity contribution in [2.45, 2.75) is 0 Å². The smallest absolute Gasteiger partial charge is 0.189 e. The summed E-state index contributed by atoms with van der Waals surface area (Å²) in [5.74, 6) is 2.18. The fraction of sp³-hybridized carbons (Fsp3) is 0.0556. The molecule has 0 radical (unpaired) electrons. The Kier molecular flexibility index (Phi) is 5.70. The molecule has 0 aliphatic heterocycles. The molecule has 0 heterocycles. The van der Waals surface area contributed by atoms with Crippen LogP contribution >= 0.6 is 23.2 Å². The first kappa shape index (κ1) is 17.0. The number of halogens is 2. The van der Waals surface area contributed by atoms with E-state index in [1.807, 2.05) is 0 Å². The number of allylic oxidation sites excluding steroid dienone is 1. The van der Waals surface area contributed by atoms with E-state index in [1.165, 1.54) is 18.2 Å². The molecule has 0 bridgehead atoms. The van der Waals surface area contributed by atoms with E-state index in [9.17, 15) is 9.90 Å². The van der Waals surface area contributed by atoms with E-state index < -0.39 is 0 Å². The molecule has 0 amide bonds. The number of aromatic hydroxyl groups is 1. The second-order valence-corrected chi connectivity index (χ2v) is 5.36. The maximum Gasteiger partial charge on any atom is 0.189 e. The SMILES string of the molecule is C#CCOc1ccc(C(=O)/C=C/c2ccc(Cl)c(Cl)c2)c(O)c1. The summed E-state index contributed by atoms with van der Waals surface area (Å²) in [4.78, 5) is 12.1. The van der Waals surface area contributed by atoms with Crippen LogP contribution in [0.1, 0.15) is 15.9 Å². The van der Waals surface area contributed by atoms with Crippen LogP contribution in [0, 0.1) is 12.3 Å². The quantitative estimate of drug-likeness (QED) is 0.488. The van der Waals surface area contributed by atoms with E-state index in [0.717, 1.165) is 5.56 Å². The van der Waals surface area contributed by atoms with Crippen LogP contribution in [0.5, 0.6) is 11.5 Å². The number of ketones is 1. The second-order valence-electron chi connectivity index (χ2n) is 4.54. The van der Waals surface area contributed by atoms with Crippen LogP contribution in [0.25, 0.3) is 6.08 Å². The fourth-order valence-corrected chi connectivity index (χ4v) is 2.12. The summed E-state index contributed by atoms with van der Waals surface area (Å²) in [7, 11) is 0. The van der Waals surface area contributed by atoms with Crippen LogP contribution < -0.4 is 4.74 Å². The van der Waals surface area contributed by atoms with E-state index in [-0.39, 0.29) is 23.7 Å². The average Bonchev–Trinajstić information content (AvgIpc) is 2.53. The van der Waals surface area contributed by atoms with Gasteiger partial charge in [-0.15, -0.1) is 6.42 Å². The fourth-order valence-electron chi connectivity index (χ4n) is 1.81. The number of ether oxygens (including phenoxy) is 1. The van der Waals surface area contributed by atoms with Gasteiger partial charge < -0.3 is 9.84 Å². The number of terminal acetylenes is 1. The molecule has 0 fully saturated rings. The first-order chi connectivity index (χ1) is 11.0. The summed E-state index contributed by atoms with van der Waals surface area (Å²) >= 11 is 11.7. The van der Waals surface area contributed by atoms with Gasteiger partial charge >= 0.3 is 0 Å². The Labute approximate surface area is 144 Å². The molecule has 0 aliphatic rings. The molecular formula is C18H12Cl2O3. The Hall–Kier alpha value is -2.41. The lowest BCUT2D eigenvalue weighted by Crippen LogP contribution is -1.97. The van der Waals surface area contributed by atoms with Gasteiger partial charge in [-0.3, -0.25) is 4.79 Å². The van der Waals surface area contributed by atoms with Crippen molar-refractivity contribution in [2.75, 3.05) is 6.61 Å². The van der Waals surface area contributed by atoms with E-state index >= 15 is 0 Å². The van der Waals surface area contributed by atoms with Crippen molar-refractivity contribution >= 4 is 35.1 Å². The number of carbonyl (C=O) groups is 1. The molecule has 0 spiro atoms. The maximum absolute atomic E-state index is 12.1. The molecule has 23 heavy (non-hydrogen) atoms. The highest BCUT2D eigenvalue weighted by Gasteiger charge is 2.09. The van der Waals surface area contributed by atoms with Gasteiger partial charge in [0, 0.05) is 6.07 Å². The van der Waals surface area contributed by atoms with Crippen molar-refractivity contribution in [1.29, 1.82) is 0 Å². The molecule has 0 saturated carbocycles. The minimum absolute atomic E-state index is 0.0873. The highest BCUT2D eigenvalue weighted by molar-refractivity contribution is 6.42. The van der Waals surface area contributed by atoms with Crippen LogP contribution in [0.15, 0.2) is 42.5 Å². The number of hydrogen-bond donors (Lipinski definition) is 1. The minimum atomic E-state index is -0.350. The molecule has 2 aromatic rings. The number of phenols is 1. The van der Waals surface area contributed by atoms with Crippen molar-refractivity contribution in [2.24, 2.45) is 0 Å². The Morgan fingerprint density at radius 2 is 2.00 bits per heavy atom. The lowest BCUT2D eigenvalue weighted by Gasteiger charge is -2.05. The zero-order valence-corrected chi connectivity index (χ0v) is 13.4. The topological polar surface area (TPSA) is 46.5 Å². The van der Waals surface area contributed by atoms with Gasteiger partial charge in [0.05, 0.1) is 15.6 Å². The highest BCUT2D eigenvalue weighted by Crippen LogP contribution is 2.25. The van der Waals surface area contributed by atoms with Crippen molar-refractivity contribution < 1.29 is 14.6 Å². The lowest BCUT2D eigenvalue weighted by molar-refractivity contribution is 0.104. The lowest BCUT2D eigenvalue weighted by atomic mass is 10.1. The first-order valence-electron chi connectivity index (χ1n) is 6.58. The maximum atomic E-state index is 12.1. The third-order valence-electron chi connectivity index (χ3n) is 2.93. The van der Waals surface area contributed by atoms with Crippen LogP contribution in [0.2, 0.25) is 10.0 Å². The van der Waals surface area contributed by atoms with Crippen molar-refractivity contribution in [3.8, 4) is 23.8 Å². The minimum Gasteiger partial charge on any atom is -0.507 e. The molecule has 2 aromatic carbocycles. The van der Waals surface area contributed by atoms with E-state index in [2.05, 4.69) is 5.92 Å². The van der Waals surface area contributed by atoms with E-state index in [1.54, 1.807) is 30.3 Å². The van der Waals surface area contributed by atoms with Crippen LogP contribution in [-0.4, -0.2) is 17.5 Å². The van der Waals surface area contributed by atoms with Crippen LogP contribution in [0.4, 0.5) is 0 Å². The Bertz CT molecular complexity index is 804. The van der Waals surface area contributed by atoms with Gasteiger partial charge in [-0.2, -0.15) is 0 Å². The summed E-state index contributed by atoms with van der Waals surface area (Å²) in [6.07, 6.45) is 8.02. The monoisotopic (exact) mass is 346 g/mol. The zero-order valence-electron chi connectivity index (χ0n) is 11.9. The molecule has 116 valence electrons. The van der Waals surface area contributed by atoms with Crippen molar-refractivity contribution in [3.05, 3.63) is 63.6 Å². The van der Waals surface area contributed by atoms with E-state index in [4.69, 9.17) is 34.4 Å². The zero-order chi connectivity index (χ0) is 16.8. The molecular weight excluding hydrogens is 335 g/mol. The van der Waals surface area contributed by atoms with Gasteiger partial charge in [-0.25, -0.2) is 0 Å². The Morgan fingerprint density at radius 3 is 2.65 bits per heavy atom. The Morgan fingerprint density at radius 1 is 1.22 bits per heavy atom. The van der Waals surface area contributed by atoms with Crippen LogP contribution in [0.3, 0.4) is 0 Å². The standard InChI is InChI=1S/C18H12Cl2O3/c1-2-9-23-13-5-6-14(18(22)11-13)17(21)8-4-12-3-7-15(19)16(20)10-12/h1,3-8,10-11,22H,9H2/b8-4+. The molecule has 0 unspecified atom stereocenters. The van der Waals surface area contributed by atoms with Gasteiger partial charge in [-0.05, 0) is 35.9 Å². The largest absolute Gasteiger partial charge is 0.507 e. The predicted octanol–water partition coefficient (Wildman–Crippen LogP) is 4.61. The number of phenolic OH excluding ortho intramolecular Hbond substituents is 1. The first-order valence-corrected chi connectivity index (χ1v) is 7.33. The van der Waals surface area contributed by atoms with Gasteiger partial charge in [0.25, 0.3) is 0 Å². The third-order valence-corrected chi connectivity index (χ3v) is 3.67. The highest BCUT2D eigenvalue weighted by atomic mass is 35.5. The molecule has 0 aliphatic carbocycles. The number of hydrogen-bond acceptors (Lipinski definition) is 3. The molecule has 3 nitrogen and oxygen atoms in total. The molecule has 5 heteroatoms. The van der Waals surface area contributed by atoms with Gasteiger partial charge in [-0.1, -0.05) is 41.3 Å². The predicted molar refractivity (Wildman–Crippen MR) is 92.3 cm³/mol. The van der Waals surface area contributed by atoms with Crippen molar-refractivity contribution in [1.82, 2.24) is 0 Å².